The molecule has 0 saturated heterocycles. The first-order chi connectivity index (χ1) is 7.44. The van der Waals surface area contributed by atoms with E-state index >= 15 is 0 Å². The molecule has 0 unspecified atom stereocenters. The van der Waals surface area contributed by atoms with E-state index in [1.54, 1.807) is 0 Å². The smallest absolute Gasteiger partial charge is 0.287 e. The SMILES string of the molecule is O=C(NCC(F)(F)CO)c1c[nH]c(=O)cn1. The zero-order chi connectivity index (χ0) is 12.2. The van der Waals surface area contributed by atoms with Crippen molar-refractivity contribution in [2.45, 2.75) is 5.92 Å². The van der Waals surface area contributed by atoms with E-state index < -0.39 is 30.5 Å². The van der Waals surface area contributed by atoms with Crippen molar-refractivity contribution < 1.29 is 18.7 Å². The van der Waals surface area contributed by atoms with Crippen LogP contribution in [0.25, 0.3) is 0 Å². The number of aliphatic hydroxyl groups excluding tert-OH is 1. The number of hydrogen-bond donors (Lipinski definition) is 3. The molecule has 0 atom stereocenters. The monoisotopic (exact) mass is 233 g/mol. The highest BCUT2D eigenvalue weighted by Crippen LogP contribution is 2.09. The summed E-state index contributed by atoms with van der Waals surface area (Å²) in [6.45, 7) is -2.35. The van der Waals surface area contributed by atoms with Gasteiger partial charge in [-0.2, -0.15) is 0 Å². The molecule has 0 fully saturated rings. The number of nitrogens with one attached hydrogen (secondary N) is 2. The van der Waals surface area contributed by atoms with E-state index in [4.69, 9.17) is 5.11 Å². The molecule has 8 heteroatoms. The number of carbonyl (C=O) groups is 1. The largest absolute Gasteiger partial charge is 0.390 e. The predicted molar refractivity (Wildman–Crippen MR) is 49.2 cm³/mol. The van der Waals surface area contributed by atoms with Gasteiger partial charge in [0.25, 0.3) is 17.4 Å². The third-order valence-corrected chi connectivity index (χ3v) is 1.64. The highest BCUT2D eigenvalue weighted by Gasteiger charge is 2.28. The maximum absolute atomic E-state index is 12.6. The first kappa shape index (κ1) is 12.2. The van der Waals surface area contributed by atoms with Crippen molar-refractivity contribution in [1.29, 1.82) is 0 Å². The molecule has 0 aliphatic rings. The van der Waals surface area contributed by atoms with Crippen LogP contribution < -0.4 is 10.9 Å². The van der Waals surface area contributed by atoms with E-state index in [-0.39, 0.29) is 5.69 Å². The highest BCUT2D eigenvalue weighted by molar-refractivity contribution is 5.91. The molecule has 1 aromatic heterocycles. The number of hydrogen-bond acceptors (Lipinski definition) is 4. The quantitative estimate of drug-likeness (QED) is 0.629. The lowest BCUT2D eigenvalue weighted by molar-refractivity contribution is -0.0462. The predicted octanol–water partition coefficient (Wildman–Crippen LogP) is -0.873. The van der Waals surface area contributed by atoms with Gasteiger partial charge in [-0.15, -0.1) is 0 Å². The number of aromatic nitrogens is 2. The van der Waals surface area contributed by atoms with Crippen LogP contribution in [-0.4, -0.2) is 40.1 Å². The Labute approximate surface area is 88.3 Å². The first-order valence-electron chi connectivity index (χ1n) is 4.26. The van der Waals surface area contributed by atoms with E-state index in [2.05, 4.69) is 9.97 Å². The first-order valence-corrected chi connectivity index (χ1v) is 4.26. The second-order valence-corrected chi connectivity index (χ2v) is 2.99. The normalized spacial score (nSPS) is 11.2. The number of nitrogens with zero attached hydrogens (tertiary/aromatic N) is 1. The molecule has 0 aromatic carbocycles. The van der Waals surface area contributed by atoms with Gasteiger partial charge in [0.2, 0.25) is 0 Å². The van der Waals surface area contributed by atoms with Crippen molar-refractivity contribution in [3.05, 3.63) is 28.4 Å². The van der Waals surface area contributed by atoms with Gasteiger partial charge in [0.05, 0.1) is 12.7 Å². The van der Waals surface area contributed by atoms with Gasteiger partial charge in [-0.25, -0.2) is 13.8 Å². The summed E-state index contributed by atoms with van der Waals surface area (Å²) in [4.78, 5) is 27.4. The fourth-order valence-electron chi connectivity index (χ4n) is 0.822. The third kappa shape index (κ3) is 3.39. The Morgan fingerprint density at radius 3 is 2.81 bits per heavy atom. The van der Waals surface area contributed by atoms with E-state index in [1.165, 1.54) is 0 Å². The van der Waals surface area contributed by atoms with Gasteiger partial charge in [0.1, 0.15) is 12.3 Å². The molecule has 1 heterocycles. The molecule has 6 nitrogen and oxygen atoms in total. The molecule has 1 aromatic rings. The number of alkyl halides is 2. The van der Waals surface area contributed by atoms with Crippen LogP contribution in [0.2, 0.25) is 0 Å². The molecule has 1 rings (SSSR count). The average Bonchev–Trinajstić information content (AvgIpc) is 2.27. The summed E-state index contributed by atoms with van der Waals surface area (Å²) in [5.74, 6) is -4.23. The van der Waals surface area contributed by atoms with Crippen LogP contribution in [0, 0.1) is 0 Å². The van der Waals surface area contributed by atoms with Gasteiger partial charge in [-0.05, 0) is 0 Å². The summed E-state index contributed by atoms with van der Waals surface area (Å²) in [5, 5.41) is 10.1. The minimum absolute atomic E-state index is 0.187. The van der Waals surface area contributed by atoms with Gasteiger partial charge < -0.3 is 15.4 Å². The molecule has 88 valence electrons. The van der Waals surface area contributed by atoms with Crippen molar-refractivity contribution in [1.82, 2.24) is 15.3 Å². The van der Waals surface area contributed by atoms with Gasteiger partial charge in [0, 0.05) is 6.20 Å². The van der Waals surface area contributed by atoms with Gasteiger partial charge in [0.15, 0.2) is 0 Å². The van der Waals surface area contributed by atoms with Crippen LogP contribution in [0.15, 0.2) is 17.2 Å². The molecule has 0 aliphatic heterocycles. The Bertz CT molecular complexity index is 412. The van der Waals surface area contributed by atoms with Crippen molar-refractivity contribution in [3.63, 3.8) is 0 Å². The van der Waals surface area contributed by atoms with Crippen LogP contribution >= 0.6 is 0 Å². The minimum atomic E-state index is -3.38. The maximum Gasteiger partial charge on any atom is 0.287 e. The summed E-state index contributed by atoms with van der Waals surface area (Å²) in [6, 6.07) is 0. The second kappa shape index (κ2) is 4.79. The summed E-state index contributed by atoms with van der Waals surface area (Å²) >= 11 is 0. The molecule has 16 heavy (non-hydrogen) atoms. The van der Waals surface area contributed by atoms with Gasteiger partial charge >= 0.3 is 0 Å². The summed E-state index contributed by atoms with van der Waals surface area (Å²) < 4.78 is 25.1. The van der Waals surface area contributed by atoms with Crippen LogP contribution in [0.5, 0.6) is 0 Å². The topological polar surface area (TPSA) is 95.1 Å². The molecule has 1 amide bonds. The van der Waals surface area contributed by atoms with Gasteiger partial charge in [-0.3, -0.25) is 9.59 Å². The maximum atomic E-state index is 12.6. The van der Waals surface area contributed by atoms with E-state index in [9.17, 15) is 18.4 Å². The number of amides is 1. The van der Waals surface area contributed by atoms with Crippen LogP contribution in [-0.2, 0) is 0 Å². The Morgan fingerprint density at radius 1 is 1.62 bits per heavy atom. The zero-order valence-corrected chi connectivity index (χ0v) is 8.04. The lowest BCUT2D eigenvalue weighted by Crippen LogP contribution is -2.39. The molecule has 0 radical (unpaired) electrons. The Hall–Kier alpha value is -1.83. The van der Waals surface area contributed by atoms with Crippen LogP contribution in [0.3, 0.4) is 0 Å². The summed E-state index contributed by atoms with van der Waals surface area (Å²) in [5.41, 5.74) is -0.689. The average molecular weight is 233 g/mol. The minimum Gasteiger partial charge on any atom is -0.390 e. The Kier molecular flexibility index (Phi) is 3.67. The van der Waals surface area contributed by atoms with E-state index in [0.717, 1.165) is 12.4 Å². The molecule has 0 aliphatic carbocycles. The molecule has 0 saturated carbocycles. The Balaban J connectivity index is 2.60. The number of H-pyrrole nitrogens is 1. The van der Waals surface area contributed by atoms with Crippen molar-refractivity contribution >= 4 is 5.91 Å². The van der Waals surface area contributed by atoms with Crippen molar-refractivity contribution in [3.8, 4) is 0 Å². The number of aliphatic hydroxyl groups is 1. The van der Waals surface area contributed by atoms with Gasteiger partial charge in [-0.1, -0.05) is 0 Å². The van der Waals surface area contributed by atoms with Crippen molar-refractivity contribution in [2.24, 2.45) is 0 Å². The molecular formula is C8H9F2N3O3. The zero-order valence-electron chi connectivity index (χ0n) is 8.04. The summed E-state index contributed by atoms with van der Waals surface area (Å²) in [6.07, 6.45) is 1.87. The lowest BCUT2D eigenvalue weighted by Gasteiger charge is -2.13. The lowest BCUT2D eigenvalue weighted by atomic mass is 10.3. The Morgan fingerprint density at radius 2 is 2.31 bits per heavy atom. The molecule has 0 bridgehead atoms. The van der Waals surface area contributed by atoms with Crippen LogP contribution in [0.1, 0.15) is 10.5 Å². The fraction of sp³-hybridized carbons (Fsp3) is 0.375. The number of halogens is 2. The molecule has 0 spiro atoms. The number of aromatic amines is 1. The third-order valence-electron chi connectivity index (χ3n) is 1.64. The standard InChI is InChI=1S/C8H9F2N3O3/c9-8(10,4-14)3-13-7(16)5-1-12-6(15)2-11-5/h1-2,14H,3-4H2,(H,12,15)(H,13,16). The number of carbonyl (C=O) groups excluding carboxylic acids is 1. The summed E-state index contributed by atoms with van der Waals surface area (Å²) in [7, 11) is 0. The molecule has 3 N–H and O–H groups in total. The van der Waals surface area contributed by atoms with Crippen molar-refractivity contribution in [2.75, 3.05) is 13.2 Å². The fourth-order valence-corrected chi connectivity index (χ4v) is 0.822. The number of rotatable bonds is 4. The van der Waals surface area contributed by atoms with E-state index in [0.29, 0.717) is 0 Å². The van der Waals surface area contributed by atoms with E-state index in [1.807, 2.05) is 5.32 Å². The highest BCUT2D eigenvalue weighted by atomic mass is 19.3. The van der Waals surface area contributed by atoms with Crippen LogP contribution in [0.4, 0.5) is 8.78 Å². The second-order valence-electron chi connectivity index (χ2n) is 2.99. The molecular weight excluding hydrogens is 224 g/mol.